The zero-order chi connectivity index (χ0) is 15.4. The largest absolute Gasteiger partial charge is 0.353 e. The van der Waals surface area contributed by atoms with Crippen molar-refractivity contribution in [3.63, 3.8) is 0 Å². The second-order valence-electron chi connectivity index (χ2n) is 5.15. The highest BCUT2D eigenvalue weighted by Gasteiger charge is 2.19. The fourth-order valence-electron chi connectivity index (χ4n) is 2.55. The van der Waals surface area contributed by atoms with Crippen LogP contribution >= 0.6 is 0 Å². The molecule has 0 bridgehead atoms. The Kier molecular flexibility index (Phi) is 4.22. The minimum Gasteiger partial charge on any atom is -0.353 e. The second kappa shape index (κ2) is 6.46. The standard InChI is InChI=1S/C15H20N6O/c1-2-16-14(22)12-3-4-13(19-11-12)20-7-9-21(10-8-20)15-17-5-6-18-15/h3-6,11H,2,7-10H2,1H3,(H,16,22)(H,17,18). The summed E-state index contributed by atoms with van der Waals surface area (Å²) in [6, 6.07) is 3.74. The fraction of sp³-hybridized carbons (Fsp3) is 0.400. The Hall–Kier alpha value is -2.57. The van der Waals surface area contributed by atoms with E-state index in [2.05, 4.69) is 30.1 Å². The molecule has 1 amide bonds. The van der Waals surface area contributed by atoms with Crippen LogP contribution in [0.2, 0.25) is 0 Å². The number of H-pyrrole nitrogens is 1. The van der Waals surface area contributed by atoms with E-state index in [9.17, 15) is 4.79 Å². The van der Waals surface area contributed by atoms with Gasteiger partial charge in [0.1, 0.15) is 5.82 Å². The first-order chi connectivity index (χ1) is 10.8. The summed E-state index contributed by atoms with van der Waals surface area (Å²) in [5.74, 6) is 1.75. The van der Waals surface area contributed by atoms with Crippen molar-refractivity contribution < 1.29 is 4.79 Å². The van der Waals surface area contributed by atoms with Crippen LogP contribution in [-0.2, 0) is 0 Å². The number of aromatic nitrogens is 3. The molecule has 1 saturated heterocycles. The molecule has 0 atom stereocenters. The van der Waals surface area contributed by atoms with Crippen molar-refractivity contribution in [1.29, 1.82) is 0 Å². The first-order valence-electron chi connectivity index (χ1n) is 7.51. The number of carbonyl (C=O) groups excluding carboxylic acids is 1. The summed E-state index contributed by atoms with van der Waals surface area (Å²) < 4.78 is 0. The number of hydrogen-bond donors (Lipinski definition) is 2. The van der Waals surface area contributed by atoms with Crippen LogP contribution in [-0.4, -0.2) is 53.6 Å². The topological polar surface area (TPSA) is 77.2 Å². The van der Waals surface area contributed by atoms with Crippen molar-refractivity contribution in [3.8, 4) is 0 Å². The molecule has 0 spiro atoms. The third kappa shape index (κ3) is 3.03. The van der Waals surface area contributed by atoms with Crippen LogP contribution < -0.4 is 15.1 Å². The SMILES string of the molecule is CCNC(=O)c1ccc(N2CCN(c3ncc[nH]3)CC2)nc1. The highest BCUT2D eigenvalue weighted by atomic mass is 16.1. The Bertz CT molecular complexity index is 601. The Morgan fingerprint density at radius 2 is 2.00 bits per heavy atom. The Morgan fingerprint density at radius 3 is 2.59 bits per heavy atom. The van der Waals surface area contributed by atoms with E-state index in [0.717, 1.165) is 37.9 Å². The zero-order valence-corrected chi connectivity index (χ0v) is 12.6. The summed E-state index contributed by atoms with van der Waals surface area (Å²) in [6.07, 6.45) is 5.24. The van der Waals surface area contributed by atoms with Crippen LogP contribution in [0.3, 0.4) is 0 Å². The van der Waals surface area contributed by atoms with Crippen molar-refractivity contribution in [2.24, 2.45) is 0 Å². The minimum absolute atomic E-state index is 0.0795. The molecule has 2 N–H and O–H groups in total. The number of hydrogen-bond acceptors (Lipinski definition) is 5. The smallest absolute Gasteiger partial charge is 0.252 e. The number of amides is 1. The van der Waals surface area contributed by atoms with Gasteiger partial charge in [0.25, 0.3) is 5.91 Å². The third-order valence-electron chi connectivity index (χ3n) is 3.73. The predicted octanol–water partition coefficient (Wildman–Crippen LogP) is 0.881. The van der Waals surface area contributed by atoms with E-state index < -0.39 is 0 Å². The van der Waals surface area contributed by atoms with E-state index in [1.165, 1.54) is 0 Å². The zero-order valence-electron chi connectivity index (χ0n) is 12.6. The van der Waals surface area contributed by atoms with E-state index in [1.54, 1.807) is 12.4 Å². The van der Waals surface area contributed by atoms with Crippen LogP contribution in [0.5, 0.6) is 0 Å². The predicted molar refractivity (Wildman–Crippen MR) is 85.3 cm³/mol. The van der Waals surface area contributed by atoms with Crippen molar-refractivity contribution in [2.45, 2.75) is 6.92 Å². The maximum Gasteiger partial charge on any atom is 0.252 e. The van der Waals surface area contributed by atoms with Crippen molar-refractivity contribution in [1.82, 2.24) is 20.3 Å². The molecule has 22 heavy (non-hydrogen) atoms. The summed E-state index contributed by atoms with van der Waals surface area (Å²) in [5.41, 5.74) is 0.597. The summed E-state index contributed by atoms with van der Waals surface area (Å²) >= 11 is 0. The van der Waals surface area contributed by atoms with Gasteiger partial charge in [0.05, 0.1) is 5.56 Å². The number of imidazole rings is 1. The molecular weight excluding hydrogens is 280 g/mol. The van der Waals surface area contributed by atoms with Crippen molar-refractivity contribution in [2.75, 3.05) is 42.5 Å². The average molecular weight is 300 g/mol. The first kappa shape index (κ1) is 14.4. The maximum absolute atomic E-state index is 11.7. The van der Waals surface area contributed by atoms with Crippen LogP contribution in [0.4, 0.5) is 11.8 Å². The molecule has 0 radical (unpaired) electrons. The summed E-state index contributed by atoms with van der Waals surface area (Å²) in [4.78, 5) is 28.0. The number of aromatic amines is 1. The highest BCUT2D eigenvalue weighted by molar-refractivity contribution is 5.94. The van der Waals surface area contributed by atoms with E-state index in [1.807, 2.05) is 25.3 Å². The van der Waals surface area contributed by atoms with Gasteiger partial charge in [0.15, 0.2) is 0 Å². The fourth-order valence-corrected chi connectivity index (χ4v) is 2.55. The monoisotopic (exact) mass is 300 g/mol. The Labute approximate surface area is 129 Å². The molecule has 116 valence electrons. The number of rotatable bonds is 4. The molecular formula is C15H20N6O. The van der Waals surface area contributed by atoms with E-state index in [-0.39, 0.29) is 5.91 Å². The van der Waals surface area contributed by atoms with Gasteiger partial charge in [-0.3, -0.25) is 4.79 Å². The molecule has 1 aliphatic heterocycles. The summed E-state index contributed by atoms with van der Waals surface area (Å²) in [6.45, 7) is 6.08. The second-order valence-corrected chi connectivity index (χ2v) is 5.15. The Morgan fingerprint density at radius 1 is 1.23 bits per heavy atom. The van der Waals surface area contributed by atoms with Crippen molar-refractivity contribution >= 4 is 17.7 Å². The number of anilines is 2. The van der Waals surface area contributed by atoms with Gasteiger partial charge in [0, 0.05) is 51.3 Å². The molecule has 2 aromatic rings. The number of carbonyl (C=O) groups is 1. The molecule has 2 aromatic heterocycles. The molecule has 7 nitrogen and oxygen atoms in total. The molecule has 3 rings (SSSR count). The van der Waals surface area contributed by atoms with Gasteiger partial charge >= 0.3 is 0 Å². The van der Waals surface area contributed by atoms with Crippen molar-refractivity contribution in [3.05, 3.63) is 36.3 Å². The molecule has 1 fully saturated rings. The third-order valence-corrected chi connectivity index (χ3v) is 3.73. The molecule has 1 aliphatic rings. The number of pyridine rings is 1. The van der Waals surface area contributed by atoms with E-state index in [0.29, 0.717) is 12.1 Å². The Balaban J connectivity index is 1.60. The van der Waals surface area contributed by atoms with Gasteiger partial charge in [-0.15, -0.1) is 0 Å². The van der Waals surface area contributed by atoms with Gasteiger partial charge in [-0.1, -0.05) is 0 Å². The molecule has 0 unspecified atom stereocenters. The molecule has 7 heteroatoms. The molecule has 0 saturated carbocycles. The number of piperazine rings is 1. The van der Waals surface area contributed by atoms with E-state index >= 15 is 0 Å². The summed E-state index contributed by atoms with van der Waals surface area (Å²) in [5, 5.41) is 2.77. The van der Waals surface area contributed by atoms with Gasteiger partial charge < -0.3 is 20.1 Å². The highest BCUT2D eigenvalue weighted by Crippen LogP contribution is 2.16. The van der Waals surface area contributed by atoms with Crippen LogP contribution in [0, 0.1) is 0 Å². The lowest BCUT2D eigenvalue weighted by molar-refractivity contribution is 0.0955. The lowest BCUT2D eigenvalue weighted by Crippen LogP contribution is -2.47. The van der Waals surface area contributed by atoms with Gasteiger partial charge in [0.2, 0.25) is 5.95 Å². The summed E-state index contributed by atoms with van der Waals surface area (Å²) in [7, 11) is 0. The lowest BCUT2D eigenvalue weighted by atomic mass is 10.2. The quantitative estimate of drug-likeness (QED) is 0.876. The molecule has 3 heterocycles. The molecule has 0 aromatic carbocycles. The number of nitrogens with one attached hydrogen (secondary N) is 2. The average Bonchev–Trinajstić information content (AvgIpc) is 3.10. The maximum atomic E-state index is 11.7. The van der Waals surface area contributed by atoms with E-state index in [4.69, 9.17) is 0 Å². The van der Waals surface area contributed by atoms with Crippen LogP contribution in [0.15, 0.2) is 30.7 Å². The molecule has 0 aliphatic carbocycles. The minimum atomic E-state index is -0.0795. The van der Waals surface area contributed by atoms with Gasteiger partial charge in [-0.25, -0.2) is 9.97 Å². The number of nitrogens with zero attached hydrogens (tertiary/aromatic N) is 4. The normalized spacial score (nSPS) is 15.0. The van der Waals surface area contributed by atoms with Crippen LogP contribution in [0.25, 0.3) is 0 Å². The van der Waals surface area contributed by atoms with Crippen LogP contribution in [0.1, 0.15) is 17.3 Å². The van der Waals surface area contributed by atoms with Gasteiger partial charge in [-0.05, 0) is 19.1 Å². The lowest BCUT2D eigenvalue weighted by Gasteiger charge is -2.35. The first-order valence-corrected chi connectivity index (χ1v) is 7.51. The van der Waals surface area contributed by atoms with Gasteiger partial charge in [-0.2, -0.15) is 0 Å².